The molecule has 0 aliphatic carbocycles. The third-order valence-electron chi connectivity index (χ3n) is 5.29. The summed E-state index contributed by atoms with van der Waals surface area (Å²) in [5.74, 6) is -4.32. The highest BCUT2D eigenvalue weighted by atomic mass is 16.4. The second-order valence-corrected chi connectivity index (χ2v) is 7.72. The van der Waals surface area contributed by atoms with E-state index in [0.29, 0.717) is 18.4 Å². The number of carbonyl (C=O) groups excluding carboxylic acids is 3. The van der Waals surface area contributed by atoms with Crippen LogP contribution in [-0.2, 0) is 30.4 Å². The van der Waals surface area contributed by atoms with E-state index in [0.717, 1.165) is 0 Å². The molecule has 1 aliphatic rings. The molecule has 1 aliphatic heterocycles. The molecule has 7 N–H and O–H groups in total. The maximum Gasteiger partial charge on any atom is 0.326 e. The Kier molecular flexibility index (Phi) is 9.16. The molecule has 1 fully saturated rings. The Balaban J connectivity index is 2.15. The maximum atomic E-state index is 13.3. The molecule has 3 unspecified atom stereocenters. The molecule has 33 heavy (non-hydrogen) atoms. The van der Waals surface area contributed by atoms with Crippen LogP contribution in [0.5, 0.6) is 5.75 Å². The van der Waals surface area contributed by atoms with E-state index in [2.05, 4.69) is 10.6 Å². The van der Waals surface area contributed by atoms with Crippen molar-refractivity contribution in [2.24, 2.45) is 5.73 Å². The molecule has 3 atom stereocenters. The average molecular weight is 464 g/mol. The molecular weight excluding hydrogens is 436 g/mol. The van der Waals surface area contributed by atoms with Crippen LogP contribution < -0.4 is 16.4 Å². The minimum absolute atomic E-state index is 0.0415. The zero-order valence-electron chi connectivity index (χ0n) is 17.9. The quantitative estimate of drug-likeness (QED) is 0.233. The molecule has 0 bridgehead atoms. The molecule has 2 rings (SSSR count). The van der Waals surface area contributed by atoms with Gasteiger partial charge in [0.1, 0.15) is 23.9 Å². The number of aliphatic carboxylic acids is 2. The summed E-state index contributed by atoms with van der Waals surface area (Å²) in [4.78, 5) is 61.4. The standard InChI is InChI=1S/C21H28N4O8/c22-11-17(27)23-15(10-12-3-5-13(26)6-4-12)20(31)25-9-1-2-16(25)19(30)24-14(21(32)33)7-8-18(28)29/h3-6,14-16,26H,1-2,7-11,22H2,(H,23,27)(H,24,30)(H,28,29)(H,32,33). The number of hydrogen-bond acceptors (Lipinski definition) is 7. The summed E-state index contributed by atoms with van der Waals surface area (Å²) in [6, 6.07) is 2.68. The van der Waals surface area contributed by atoms with Crippen molar-refractivity contribution in [1.29, 1.82) is 0 Å². The lowest BCUT2D eigenvalue weighted by Crippen LogP contribution is -2.56. The fourth-order valence-electron chi connectivity index (χ4n) is 3.62. The Hall–Kier alpha value is -3.67. The normalized spacial score (nSPS) is 17.1. The van der Waals surface area contributed by atoms with E-state index < -0.39 is 54.2 Å². The van der Waals surface area contributed by atoms with E-state index in [1.807, 2.05) is 0 Å². The molecule has 1 aromatic rings. The highest BCUT2D eigenvalue weighted by molar-refractivity contribution is 5.94. The number of nitrogens with one attached hydrogen (secondary N) is 2. The number of aromatic hydroxyl groups is 1. The number of nitrogens with two attached hydrogens (primary N) is 1. The fraction of sp³-hybridized carbons (Fsp3) is 0.476. The first-order valence-corrected chi connectivity index (χ1v) is 10.4. The molecular formula is C21H28N4O8. The summed E-state index contributed by atoms with van der Waals surface area (Å²) in [6.45, 7) is -0.110. The molecule has 180 valence electrons. The van der Waals surface area contributed by atoms with Crippen LogP contribution in [0.4, 0.5) is 0 Å². The van der Waals surface area contributed by atoms with E-state index in [1.165, 1.54) is 17.0 Å². The van der Waals surface area contributed by atoms with Crippen molar-refractivity contribution < 1.29 is 39.3 Å². The van der Waals surface area contributed by atoms with Gasteiger partial charge in [-0.25, -0.2) is 4.79 Å². The summed E-state index contributed by atoms with van der Waals surface area (Å²) in [5.41, 5.74) is 6.02. The van der Waals surface area contributed by atoms with Gasteiger partial charge in [-0.2, -0.15) is 0 Å². The molecule has 0 aromatic heterocycles. The predicted octanol–water partition coefficient (Wildman–Crippen LogP) is -1.20. The van der Waals surface area contributed by atoms with Crippen LogP contribution in [0.25, 0.3) is 0 Å². The van der Waals surface area contributed by atoms with Gasteiger partial charge in [0.2, 0.25) is 17.7 Å². The van der Waals surface area contributed by atoms with Crippen molar-refractivity contribution in [1.82, 2.24) is 15.5 Å². The number of amides is 3. The van der Waals surface area contributed by atoms with Crippen molar-refractivity contribution in [3.8, 4) is 5.75 Å². The van der Waals surface area contributed by atoms with Crippen LogP contribution >= 0.6 is 0 Å². The summed E-state index contributed by atoms with van der Waals surface area (Å²) in [5, 5.41) is 32.4. The molecule has 1 heterocycles. The third-order valence-corrected chi connectivity index (χ3v) is 5.29. The number of nitrogens with zero attached hydrogens (tertiary/aromatic N) is 1. The Morgan fingerprint density at radius 3 is 2.30 bits per heavy atom. The van der Waals surface area contributed by atoms with Crippen LogP contribution in [0.3, 0.4) is 0 Å². The van der Waals surface area contributed by atoms with E-state index in [4.69, 9.17) is 10.8 Å². The number of phenolic OH excluding ortho intramolecular Hbond substituents is 1. The van der Waals surface area contributed by atoms with Gasteiger partial charge in [-0.3, -0.25) is 19.2 Å². The summed E-state index contributed by atoms with van der Waals surface area (Å²) in [7, 11) is 0. The zero-order chi connectivity index (χ0) is 24.5. The minimum atomic E-state index is -1.41. The smallest absolute Gasteiger partial charge is 0.326 e. The second kappa shape index (κ2) is 11.8. The first-order valence-electron chi connectivity index (χ1n) is 10.4. The molecule has 1 saturated heterocycles. The molecule has 0 spiro atoms. The fourth-order valence-corrected chi connectivity index (χ4v) is 3.62. The largest absolute Gasteiger partial charge is 0.508 e. The summed E-state index contributed by atoms with van der Waals surface area (Å²) < 4.78 is 0. The van der Waals surface area contributed by atoms with Gasteiger partial charge in [-0.05, 0) is 37.0 Å². The molecule has 1 aromatic carbocycles. The second-order valence-electron chi connectivity index (χ2n) is 7.72. The Bertz CT molecular complexity index is 889. The summed E-state index contributed by atoms with van der Waals surface area (Å²) in [6.07, 6.45) is 0.136. The van der Waals surface area contributed by atoms with Crippen LogP contribution in [-0.4, -0.2) is 81.1 Å². The highest BCUT2D eigenvalue weighted by Gasteiger charge is 2.38. The van der Waals surface area contributed by atoms with Crippen molar-refractivity contribution in [2.75, 3.05) is 13.1 Å². The van der Waals surface area contributed by atoms with Gasteiger partial charge >= 0.3 is 11.9 Å². The third kappa shape index (κ3) is 7.45. The van der Waals surface area contributed by atoms with E-state index >= 15 is 0 Å². The first-order chi connectivity index (χ1) is 15.6. The Morgan fingerprint density at radius 2 is 1.73 bits per heavy atom. The number of rotatable bonds is 11. The monoisotopic (exact) mass is 464 g/mol. The molecule has 12 nitrogen and oxygen atoms in total. The number of likely N-dealkylation sites (tertiary alicyclic amines) is 1. The predicted molar refractivity (Wildman–Crippen MR) is 114 cm³/mol. The van der Waals surface area contributed by atoms with Crippen molar-refractivity contribution in [3.63, 3.8) is 0 Å². The zero-order valence-corrected chi connectivity index (χ0v) is 17.9. The Labute approximate surface area is 189 Å². The lowest BCUT2D eigenvalue weighted by molar-refractivity contribution is -0.145. The minimum Gasteiger partial charge on any atom is -0.508 e. The van der Waals surface area contributed by atoms with Crippen LogP contribution in [0.15, 0.2) is 24.3 Å². The van der Waals surface area contributed by atoms with Crippen LogP contribution in [0, 0.1) is 0 Å². The molecule has 12 heteroatoms. The van der Waals surface area contributed by atoms with E-state index in [9.17, 15) is 34.2 Å². The maximum absolute atomic E-state index is 13.3. The van der Waals surface area contributed by atoms with Crippen molar-refractivity contribution >= 4 is 29.7 Å². The highest BCUT2D eigenvalue weighted by Crippen LogP contribution is 2.21. The van der Waals surface area contributed by atoms with Gasteiger partial charge < -0.3 is 36.6 Å². The molecule has 3 amide bonds. The lowest BCUT2D eigenvalue weighted by Gasteiger charge is -2.29. The van der Waals surface area contributed by atoms with Gasteiger partial charge in [-0.15, -0.1) is 0 Å². The van der Waals surface area contributed by atoms with Gasteiger partial charge in [-0.1, -0.05) is 12.1 Å². The van der Waals surface area contributed by atoms with Crippen molar-refractivity contribution in [2.45, 2.75) is 50.2 Å². The van der Waals surface area contributed by atoms with Gasteiger partial charge in [0.15, 0.2) is 0 Å². The van der Waals surface area contributed by atoms with Crippen molar-refractivity contribution in [3.05, 3.63) is 29.8 Å². The number of benzene rings is 1. The van der Waals surface area contributed by atoms with Crippen LogP contribution in [0.1, 0.15) is 31.2 Å². The number of phenols is 1. The number of carboxylic acids is 2. The number of hydrogen-bond donors (Lipinski definition) is 6. The lowest BCUT2D eigenvalue weighted by atomic mass is 10.0. The van der Waals surface area contributed by atoms with Crippen LogP contribution in [0.2, 0.25) is 0 Å². The van der Waals surface area contributed by atoms with E-state index in [-0.39, 0.29) is 31.7 Å². The first kappa shape index (κ1) is 25.6. The van der Waals surface area contributed by atoms with E-state index in [1.54, 1.807) is 12.1 Å². The number of carbonyl (C=O) groups is 5. The average Bonchev–Trinajstić information content (AvgIpc) is 3.26. The molecule has 0 radical (unpaired) electrons. The number of carboxylic acid groups (broad SMARTS) is 2. The topological polar surface area (TPSA) is 199 Å². The van der Waals surface area contributed by atoms with Gasteiger partial charge in [0.05, 0.1) is 6.54 Å². The SMILES string of the molecule is NCC(=O)NC(Cc1ccc(O)cc1)C(=O)N1CCCC1C(=O)NC(CCC(=O)O)C(=O)O. The van der Waals surface area contributed by atoms with Gasteiger partial charge in [0.25, 0.3) is 0 Å². The molecule has 0 saturated carbocycles. The summed E-state index contributed by atoms with van der Waals surface area (Å²) >= 11 is 0. The Morgan fingerprint density at radius 1 is 1.06 bits per heavy atom. The van der Waals surface area contributed by atoms with Gasteiger partial charge in [0, 0.05) is 19.4 Å².